The van der Waals surface area contributed by atoms with Crippen LogP contribution in [0.5, 0.6) is 5.75 Å². The fourth-order valence-corrected chi connectivity index (χ4v) is 4.33. The molecule has 0 saturated carbocycles. The molecule has 0 atom stereocenters. The normalized spacial score (nSPS) is 11.8. The average molecular weight is 442 g/mol. The molecule has 0 N–H and O–H groups in total. The van der Waals surface area contributed by atoms with Crippen molar-refractivity contribution in [2.75, 3.05) is 6.61 Å². The molecule has 3 heterocycles. The van der Waals surface area contributed by atoms with Crippen LogP contribution in [-0.2, 0) is 0 Å². The topological polar surface area (TPSA) is 74.3 Å². The molecule has 5 rings (SSSR count). The van der Waals surface area contributed by atoms with Crippen LogP contribution < -0.4 is 14.8 Å². The number of benzene rings is 2. The van der Waals surface area contributed by atoms with Crippen molar-refractivity contribution in [2.45, 2.75) is 6.92 Å². The summed E-state index contributed by atoms with van der Waals surface area (Å²) in [6.07, 6.45) is 6.88. The van der Waals surface area contributed by atoms with E-state index in [-0.39, 0.29) is 5.56 Å². The summed E-state index contributed by atoms with van der Waals surface area (Å²) in [6, 6.07) is 15.8. The third kappa shape index (κ3) is 3.61. The van der Waals surface area contributed by atoms with Gasteiger partial charge >= 0.3 is 0 Å². The van der Waals surface area contributed by atoms with Crippen molar-refractivity contribution in [3.8, 4) is 22.7 Å². The highest BCUT2D eigenvalue weighted by molar-refractivity contribution is 7.15. The molecule has 0 aliphatic heterocycles. The van der Waals surface area contributed by atoms with E-state index in [9.17, 15) is 4.79 Å². The maximum atomic E-state index is 12.7. The van der Waals surface area contributed by atoms with Gasteiger partial charge in [0, 0.05) is 17.3 Å². The Balaban J connectivity index is 1.67. The first kappa shape index (κ1) is 19.9. The van der Waals surface area contributed by atoms with Gasteiger partial charge in [-0.15, -0.1) is 0 Å². The molecule has 8 heteroatoms. The lowest BCUT2D eigenvalue weighted by molar-refractivity contribution is 0.361. The van der Waals surface area contributed by atoms with Crippen LogP contribution in [0.1, 0.15) is 11.1 Å². The molecule has 0 aliphatic rings. The quantitative estimate of drug-likeness (QED) is 0.378. The van der Waals surface area contributed by atoms with E-state index in [1.165, 1.54) is 22.2 Å². The SMILES string of the molecule is C=CCOc1ccc(-c2nn(-c3ccccc3)cc2C=c2sc3ncnn3c2=O)cc1C. The number of para-hydroxylation sites is 1. The van der Waals surface area contributed by atoms with E-state index in [4.69, 9.17) is 9.84 Å². The maximum absolute atomic E-state index is 12.7. The second-order valence-electron chi connectivity index (χ2n) is 7.16. The third-order valence-corrected chi connectivity index (χ3v) is 5.95. The van der Waals surface area contributed by atoms with Crippen LogP contribution in [0.25, 0.3) is 28.0 Å². The molecule has 3 aromatic heterocycles. The summed E-state index contributed by atoms with van der Waals surface area (Å²) < 4.78 is 9.40. The van der Waals surface area contributed by atoms with Crippen molar-refractivity contribution in [3.63, 3.8) is 0 Å². The highest BCUT2D eigenvalue weighted by Crippen LogP contribution is 2.29. The molecule has 2 aromatic carbocycles. The van der Waals surface area contributed by atoms with E-state index in [0.717, 1.165) is 33.8 Å². The van der Waals surface area contributed by atoms with E-state index in [2.05, 4.69) is 16.7 Å². The molecule has 0 radical (unpaired) electrons. The summed E-state index contributed by atoms with van der Waals surface area (Å²) in [5, 5.41) is 8.85. The van der Waals surface area contributed by atoms with Crippen molar-refractivity contribution < 1.29 is 4.74 Å². The Hall–Kier alpha value is -4.04. The lowest BCUT2D eigenvalue weighted by Gasteiger charge is -2.08. The molecule has 7 nitrogen and oxygen atoms in total. The molecule has 0 amide bonds. The number of ether oxygens (including phenoxy) is 1. The highest BCUT2D eigenvalue weighted by Gasteiger charge is 2.14. The molecule has 0 unspecified atom stereocenters. The first-order valence-electron chi connectivity index (χ1n) is 9.98. The summed E-state index contributed by atoms with van der Waals surface area (Å²) in [5.41, 5.74) is 4.26. The molecule has 0 bridgehead atoms. The van der Waals surface area contributed by atoms with E-state index in [1.807, 2.05) is 72.4 Å². The van der Waals surface area contributed by atoms with Gasteiger partial charge in [0.2, 0.25) is 4.96 Å². The van der Waals surface area contributed by atoms with Gasteiger partial charge in [-0.1, -0.05) is 42.2 Å². The van der Waals surface area contributed by atoms with Crippen LogP contribution in [0.3, 0.4) is 0 Å². The molecule has 32 heavy (non-hydrogen) atoms. The van der Waals surface area contributed by atoms with Gasteiger partial charge in [-0.2, -0.15) is 14.7 Å². The number of fused-ring (bicyclic) bond motifs is 1. The van der Waals surface area contributed by atoms with E-state index < -0.39 is 0 Å². The van der Waals surface area contributed by atoms with Gasteiger partial charge in [-0.05, 0) is 48.9 Å². The van der Waals surface area contributed by atoms with Gasteiger partial charge in [-0.3, -0.25) is 4.79 Å². The van der Waals surface area contributed by atoms with Crippen molar-refractivity contribution >= 4 is 22.4 Å². The Morgan fingerprint density at radius 3 is 2.78 bits per heavy atom. The Labute approximate surface area is 187 Å². The van der Waals surface area contributed by atoms with Gasteiger partial charge in [0.25, 0.3) is 5.56 Å². The predicted molar refractivity (Wildman–Crippen MR) is 125 cm³/mol. The summed E-state index contributed by atoms with van der Waals surface area (Å²) in [6.45, 7) is 6.14. The van der Waals surface area contributed by atoms with Gasteiger partial charge in [0.05, 0.1) is 10.2 Å². The molecule has 158 valence electrons. The van der Waals surface area contributed by atoms with Crippen LogP contribution >= 0.6 is 11.3 Å². The van der Waals surface area contributed by atoms with E-state index >= 15 is 0 Å². The minimum atomic E-state index is -0.190. The molecule has 5 aromatic rings. The Morgan fingerprint density at radius 2 is 2.03 bits per heavy atom. The standard InChI is InChI=1S/C24H19N5O2S/c1-3-11-31-20-10-9-17(12-16(20)2)22-18(14-28(27-22)19-7-5-4-6-8-19)13-21-23(30)29-24(32-21)25-15-26-29/h3-10,12-15H,1,11H2,2H3. The molecule has 0 spiro atoms. The number of aromatic nitrogens is 5. The molecular formula is C24H19N5O2S. The highest BCUT2D eigenvalue weighted by atomic mass is 32.1. The zero-order valence-corrected chi connectivity index (χ0v) is 18.1. The van der Waals surface area contributed by atoms with Crippen LogP contribution in [0.15, 0.2) is 78.5 Å². The molecule has 0 aliphatic carbocycles. The van der Waals surface area contributed by atoms with Crippen LogP contribution in [0, 0.1) is 6.92 Å². The molecule has 0 fully saturated rings. The number of hydrogen-bond acceptors (Lipinski definition) is 6. The number of aryl methyl sites for hydroxylation is 1. The lowest BCUT2D eigenvalue weighted by atomic mass is 10.0. The Bertz CT molecular complexity index is 1530. The Morgan fingerprint density at radius 1 is 1.19 bits per heavy atom. The fourth-order valence-electron chi connectivity index (χ4n) is 3.46. The van der Waals surface area contributed by atoms with Crippen molar-refractivity contribution in [1.82, 2.24) is 24.4 Å². The zero-order chi connectivity index (χ0) is 22.1. The summed E-state index contributed by atoms with van der Waals surface area (Å²) in [7, 11) is 0. The number of hydrogen-bond donors (Lipinski definition) is 0. The van der Waals surface area contributed by atoms with E-state index in [0.29, 0.717) is 16.1 Å². The zero-order valence-electron chi connectivity index (χ0n) is 17.3. The maximum Gasteiger partial charge on any atom is 0.291 e. The van der Waals surface area contributed by atoms with Gasteiger partial charge in [-0.25, -0.2) is 9.67 Å². The number of thiazole rings is 1. The minimum absolute atomic E-state index is 0.190. The second-order valence-corrected chi connectivity index (χ2v) is 8.17. The van der Waals surface area contributed by atoms with Gasteiger partial charge in [0.15, 0.2) is 0 Å². The Kier molecular flexibility index (Phi) is 5.12. The minimum Gasteiger partial charge on any atom is -0.489 e. The molecular weight excluding hydrogens is 422 g/mol. The largest absolute Gasteiger partial charge is 0.489 e. The van der Waals surface area contributed by atoms with Crippen LogP contribution in [-0.4, -0.2) is 31.0 Å². The summed E-state index contributed by atoms with van der Waals surface area (Å²) in [5.74, 6) is 0.800. The monoisotopic (exact) mass is 441 g/mol. The lowest BCUT2D eigenvalue weighted by Crippen LogP contribution is -2.23. The fraction of sp³-hybridized carbons (Fsp3) is 0.0833. The number of nitrogens with zero attached hydrogens (tertiary/aromatic N) is 5. The van der Waals surface area contributed by atoms with Crippen molar-refractivity contribution in [2.24, 2.45) is 0 Å². The third-order valence-electron chi connectivity index (χ3n) is 4.98. The smallest absolute Gasteiger partial charge is 0.291 e. The van der Waals surface area contributed by atoms with Gasteiger partial charge in [0.1, 0.15) is 24.4 Å². The summed E-state index contributed by atoms with van der Waals surface area (Å²) >= 11 is 1.30. The predicted octanol–water partition coefficient (Wildman–Crippen LogP) is 3.42. The first-order chi connectivity index (χ1) is 15.6. The van der Waals surface area contributed by atoms with Crippen molar-refractivity contribution in [1.29, 1.82) is 0 Å². The molecule has 0 saturated heterocycles. The van der Waals surface area contributed by atoms with Gasteiger partial charge < -0.3 is 4.74 Å². The summed E-state index contributed by atoms with van der Waals surface area (Å²) in [4.78, 5) is 17.4. The van der Waals surface area contributed by atoms with Crippen LogP contribution in [0.4, 0.5) is 0 Å². The van der Waals surface area contributed by atoms with Crippen LogP contribution in [0.2, 0.25) is 0 Å². The average Bonchev–Trinajstić information content (AvgIpc) is 3.51. The first-order valence-corrected chi connectivity index (χ1v) is 10.8. The van der Waals surface area contributed by atoms with Crippen molar-refractivity contribution in [3.05, 3.63) is 99.7 Å². The number of rotatable bonds is 6. The van der Waals surface area contributed by atoms with E-state index in [1.54, 1.807) is 6.08 Å². The second kappa shape index (κ2) is 8.24.